The van der Waals surface area contributed by atoms with E-state index in [1.807, 2.05) is 14.0 Å². The lowest BCUT2D eigenvalue weighted by Gasteiger charge is -2.06. The molecule has 3 heterocycles. The summed E-state index contributed by atoms with van der Waals surface area (Å²) in [4.78, 5) is 44.9. The molecule has 0 bridgehead atoms. The highest BCUT2D eigenvalue weighted by atomic mass is 16.2. The summed E-state index contributed by atoms with van der Waals surface area (Å²) in [6.07, 6.45) is 6.66. The van der Waals surface area contributed by atoms with Crippen LogP contribution in [0.15, 0.2) is 30.9 Å². The number of imidazole rings is 2. The molecule has 0 aromatic carbocycles. The summed E-state index contributed by atoms with van der Waals surface area (Å²) >= 11 is 0. The van der Waals surface area contributed by atoms with Crippen LogP contribution in [-0.4, -0.2) is 47.9 Å². The minimum Gasteiger partial charge on any atom is -0.350 e. The number of carbonyl (C=O) groups excluding carboxylic acids is 3. The summed E-state index contributed by atoms with van der Waals surface area (Å²) in [5.74, 6) is 0.551. The molecule has 0 unspecified atom stereocenters. The highest BCUT2D eigenvalue weighted by molar-refractivity contribution is 6.03. The van der Waals surface area contributed by atoms with Crippen molar-refractivity contribution < 1.29 is 14.4 Å². The maximum absolute atomic E-state index is 12.4. The van der Waals surface area contributed by atoms with Crippen molar-refractivity contribution in [2.24, 2.45) is 21.1 Å². The molecule has 0 fully saturated rings. The molecule has 0 radical (unpaired) electrons. The summed E-state index contributed by atoms with van der Waals surface area (Å²) in [5.41, 5.74) is 0.824. The molecule has 11 nitrogen and oxygen atoms in total. The van der Waals surface area contributed by atoms with E-state index in [0.29, 0.717) is 17.2 Å². The molecular weight excluding hydrogens is 388 g/mol. The maximum atomic E-state index is 12.4. The maximum Gasteiger partial charge on any atom is 0.291 e. The first-order chi connectivity index (χ1) is 14.2. The second kappa shape index (κ2) is 8.64. The third-order valence-corrected chi connectivity index (χ3v) is 4.53. The van der Waals surface area contributed by atoms with Crippen molar-refractivity contribution in [3.8, 4) is 0 Å². The van der Waals surface area contributed by atoms with Gasteiger partial charge >= 0.3 is 0 Å². The van der Waals surface area contributed by atoms with Gasteiger partial charge in [-0.25, -0.2) is 9.97 Å². The quantitative estimate of drug-likeness (QED) is 0.529. The first-order valence-corrected chi connectivity index (χ1v) is 9.27. The Morgan fingerprint density at radius 3 is 2.40 bits per heavy atom. The molecule has 30 heavy (non-hydrogen) atoms. The van der Waals surface area contributed by atoms with Crippen LogP contribution in [0.25, 0.3) is 0 Å². The van der Waals surface area contributed by atoms with E-state index in [1.165, 1.54) is 6.20 Å². The monoisotopic (exact) mass is 412 g/mol. The number of hydrogen-bond donors (Lipinski definition) is 3. The van der Waals surface area contributed by atoms with Gasteiger partial charge in [-0.05, 0) is 13.0 Å². The Morgan fingerprint density at radius 1 is 1.00 bits per heavy atom. The van der Waals surface area contributed by atoms with Crippen LogP contribution in [0.3, 0.4) is 0 Å². The van der Waals surface area contributed by atoms with Crippen molar-refractivity contribution in [1.82, 2.24) is 29.0 Å². The number of nitrogens with one attached hydrogen (secondary N) is 3. The van der Waals surface area contributed by atoms with Crippen LogP contribution in [0.2, 0.25) is 0 Å². The number of rotatable bonds is 7. The van der Waals surface area contributed by atoms with Crippen molar-refractivity contribution in [2.75, 3.05) is 17.2 Å². The molecule has 0 aliphatic carbocycles. The third kappa shape index (κ3) is 4.74. The predicted octanol–water partition coefficient (Wildman–Crippen LogP) is 0.811. The lowest BCUT2D eigenvalue weighted by molar-refractivity contribution is -0.116. The summed E-state index contributed by atoms with van der Waals surface area (Å²) in [6.45, 7) is 2.00. The number of carbonyl (C=O) groups is 3. The lowest BCUT2D eigenvalue weighted by atomic mass is 10.3. The second-order valence-electron chi connectivity index (χ2n) is 6.88. The van der Waals surface area contributed by atoms with Gasteiger partial charge in [0.15, 0.2) is 11.6 Å². The number of aromatic nitrogens is 5. The summed E-state index contributed by atoms with van der Waals surface area (Å²) < 4.78 is 5.00. The Kier molecular flexibility index (Phi) is 6.00. The molecule has 158 valence electrons. The van der Waals surface area contributed by atoms with E-state index in [2.05, 4.69) is 25.9 Å². The molecule has 11 heteroatoms. The zero-order valence-corrected chi connectivity index (χ0v) is 17.3. The van der Waals surface area contributed by atoms with Crippen LogP contribution in [0, 0.1) is 6.92 Å². The van der Waals surface area contributed by atoms with E-state index >= 15 is 0 Å². The topological polar surface area (TPSA) is 128 Å². The molecule has 0 saturated carbocycles. The normalized spacial score (nSPS) is 10.7. The number of nitrogens with zero attached hydrogens (tertiary/aromatic N) is 5. The molecule has 3 amide bonds. The van der Waals surface area contributed by atoms with E-state index in [9.17, 15) is 14.4 Å². The number of anilines is 2. The Hall–Kier alpha value is -3.89. The van der Waals surface area contributed by atoms with E-state index in [0.717, 1.165) is 5.82 Å². The molecule has 3 rings (SSSR count). The molecule has 3 N–H and O–H groups in total. The lowest BCUT2D eigenvalue weighted by Crippen LogP contribution is -2.29. The molecule has 0 aliphatic rings. The van der Waals surface area contributed by atoms with E-state index < -0.39 is 0 Å². The van der Waals surface area contributed by atoms with Gasteiger partial charge in [0.1, 0.15) is 11.5 Å². The Morgan fingerprint density at radius 2 is 1.77 bits per heavy atom. The van der Waals surface area contributed by atoms with Crippen LogP contribution in [0.4, 0.5) is 11.5 Å². The predicted molar refractivity (Wildman–Crippen MR) is 110 cm³/mol. The van der Waals surface area contributed by atoms with Crippen LogP contribution >= 0.6 is 0 Å². The highest BCUT2D eigenvalue weighted by Gasteiger charge is 2.16. The fraction of sp³-hybridized carbons (Fsp3) is 0.316. The second-order valence-corrected chi connectivity index (χ2v) is 6.88. The standard InChI is InChI=1S/C19H24N8O3/c1-12-22-15(11-26(12)3)24-16(28)5-6-21-18(29)14-9-13(10-27(14)4)23-19(30)17-20-7-8-25(17)2/h7-11H,5-6H2,1-4H3,(H,21,29)(H,23,30)(H,24,28). The average Bonchev–Trinajstić information content (AvgIpc) is 3.34. The summed E-state index contributed by atoms with van der Waals surface area (Å²) in [6, 6.07) is 1.56. The van der Waals surface area contributed by atoms with Crippen molar-refractivity contribution in [1.29, 1.82) is 0 Å². The molecule has 3 aromatic heterocycles. The Bertz CT molecular complexity index is 1070. The van der Waals surface area contributed by atoms with Gasteiger partial charge in [-0.3, -0.25) is 14.4 Å². The minimum absolute atomic E-state index is 0.106. The molecule has 0 atom stereocenters. The van der Waals surface area contributed by atoms with Crippen molar-refractivity contribution in [3.63, 3.8) is 0 Å². The van der Waals surface area contributed by atoms with Crippen LogP contribution in [0.5, 0.6) is 0 Å². The number of aryl methyl sites for hydroxylation is 4. The van der Waals surface area contributed by atoms with Crippen molar-refractivity contribution in [3.05, 3.63) is 48.2 Å². The summed E-state index contributed by atoms with van der Waals surface area (Å²) in [5, 5.41) is 8.10. The van der Waals surface area contributed by atoms with Crippen LogP contribution in [0.1, 0.15) is 33.4 Å². The highest BCUT2D eigenvalue weighted by Crippen LogP contribution is 2.14. The zero-order valence-electron chi connectivity index (χ0n) is 17.3. The van der Waals surface area contributed by atoms with Gasteiger partial charge in [0.05, 0.1) is 5.69 Å². The first kappa shape index (κ1) is 20.8. The SMILES string of the molecule is Cc1nc(NC(=O)CCNC(=O)c2cc(NC(=O)c3nccn3C)cn2C)cn1C. The first-order valence-electron chi connectivity index (χ1n) is 9.27. The number of amides is 3. The minimum atomic E-state index is -0.374. The zero-order chi connectivity index (χ0) is 21.8. The molecular formula is C19H24N8O3. The Labute approximate surface area is 173 Å². The van der Waals surface area contributed by atoms with Crippen molar-refractivity contribution in [2.45, 2.75) is 13.3 Å². The van der Waals surface area contributed by atoms with Crippen LogP contribution < -0.4 is 16.0 Å². The van der Waals surface area contributed by atoms with Gasteiger partial charge in [-0.15, -0.1) is 0 Å². The largest absolute Gasteiger partial charge is 0.350 e. The molecule has 0 spiro atoms. The van der Waals surface area contributed by atoms with E-state index in [1.54, 1.807) is 52.5 Å². The fourth-order valence-corrected chi connectivity index (χ4v) is 2.83. The number of hydrogen-bond acceptors (Lipinski definition) is 5. The van der Waals surface area contributed by atoms with Gasteiger partial charge in [0.25, 0.3) is 11.8 Å². The molecule has 0 saturated heterocycles. The van der Waals surface area contributed by atoms with Gasteiger partial charge in [-0.1, -0.05) is 0 Å². The fourth-order valence-electron chi connectivity index (χ4n) is 2.83. The Balaban J connectivity index is 1.51. The molecule has 0 aliphatic heterocycles. The van der Waals surface area contributed by atoms with Gasteiger partial charge in [0, 0.05) is 58.9 Å². The smallest absolute Gasteiger partial charge is 0.291 e. The van der Waals surface area contributed by atoms with Gasteiger partial charge in [-0.2, -0.15) is 0 Å². The summed E-state index contributed by atoms with van der Waals surface area (Å²) in [7, 11) is 5.25. The van der Waals surface area contributed by atoms with E-state index in [-0.39, 0.29) is 36.5 Å². The third-order valence-electron chi connectivity index (χ3n) is 4.53. The van der Waals surface area contributed by atoms with Crippen molar-refractivity contribution >= 4 is 29.2 Å². The molecule has 3 aromatic rings. The van der Waals surface area contributed by atoms with Gasteiger partial charge in [0.2, 0.25) is 5.91 Å². The van der Waals surface area contributed by atoms with Gasteiger partial charge < -0.3 is 29.7 Å². The van der Waals surface area contributed by atoms with E-state index in [4.69, 9.17) is 0 Å². The average molecular weight is 412 g/mol. The van der Waals surface area contributed by atoms with Crippen LogP contribution in [-0.2, 0) is 25.9 Å².